The second kappa shape index (κ2) is 13.8. The fraction of sp³-hybridized carbons (Fsp3) is 0.407. The van der Waals surface area contributed by atoms with Crippen LogP contribution in [-0.4, -0.2) is 61.3 Å². The first-order valence-corrected chi connectivity index (χ1v) is 11.9. The van der Waals surface area contributed by atoms with Gasteiger partial charge >= 0.3 is 0 Å². The number of hydrogen-bond acceptors (Lipinski definition) is 6. The molecular weight excluding hydrogens is 448 g/mol. The predicted molar refractivity (Wildman–Crippen MR) is 140 cm³/mol. The highest BCUT2D eigenvalue weighted by Gasteiger charge is 2.18. The molecule has 1 aliphatic rings. The number of halogens is 1. The number of aryl methyl sites for hydroxylation is 2. The molecule has 1 aromatic heterocycles. The van der Waals surface area contributed by atoms with E-state index < -0.39 is 0 Å². The fourth-order valence-corrected chi connectivity index (χ4v) is 4.20. The lowest BCUT2D eigenvalue weighted by Crippen LogP contribution is -2.47. The quantitative estimate of drug-likeness (QED) is 0.370. The minimum absolute atomic E-state index is 0. The van der Waals surface area contributed by atoms with Gasteiger partial charge in [-0.2, -0.15) is 0 Å². The van der Waals surface area contributed by atoms with Gasteiger partial charge in [-0.3, -0.25) is 4.90 Å². The third-order valence-electron chi connectivity index (χ3n) is 6.12. The summed E-state index contributed by atoms with van der Waals surface area (Å²) in [4.78, 5) is 13.5. The van der Waals surface area contributed by atoms with Crippen LogP contribution in [0.15, 0.2) is 67.0 Å². The number of rotatable bonds is 11. The number of methoxy groups -OCH3 is 1. The molecule has 2 aromatic carbocycles. The van der Waals surface area contributed by atoms with E-state index in [1.54, 1.807) is 7.11 Å². The number of para-hydroxylation sites is 1. The van der Waals surface area contributed by atoms with Crippen LogP contribution < -0.4 is 14.4 Å². The molecule has 1 saturated heterocycles. The fourth-order valence-electron chi connectivity index (χ4n) is 4.20. The maximum atomic E-state index is 6.17. The zero-order valence-corrected chi connectivity index (χ0v) is 20.8. The SMILES string of the molecule is COc1cccc(CCc2ccccc2OCCCCN2CCN(c3ncccn3)CC2)c1.Cl. The van der Waals surface area contributed by atoms with Gasteiger partial charge in [-0.25, -0.2) is 9.97 Å². The molecule has 0 bridgehead atoms. The monoisotopic (exact) mass is 482 g/mol. The second-order valence-electron chi connectivity index (χ2n) is 8.39. The highest BCUT2D eigenvalue weighted by Crippen LogP contribution is 2.22. The molecule has 7 heteroatoms. The van der Waals surface area contributed by atoms with E-state index >= 15 is 0 Å². The first-order chi connectivity index (χ1) is 16.3. The third-order valence-corrected chi connectivity index (χ3v) is 6.12. The summed E-state index contributed by atoms with van der Waals surface area (Å²) in [6, 6.07) is 18.6. The molecular formula is C27H35ClN4O2. The van der Waals surface area contributed by atoms with E-state index in [0.717, 1.165) is 82.5 Å². The van der Waals surface area contributed by atoms with Gasteiger partial charge in [0.05, 0.1) is 13.7 Å². The minimum Gasteiger partial charge on any atom is -0.497 e. The molecule has 1 fully saturated rings. The number of hydrogen-bond donors (Lipinski definition) is 0. The van der Waals surface area contributed by atoms with E-state index in [-0.39, 0.29) is 12.4 Å². The summed E-state index contributed by atoms with van der Waals surface area (Å²) in [5.41, 5.74) is 2.54. The maximum absolute atomic E-state index is 6.17. The Balaban J connectivity index is 0.00000324. The normalized spacial score (nSPS) is 13.9. The zero-order valence-electron chi connectivity index (χ0n) is 19.9. The van der Waals surface area contributed by atoms with Crippen LogP contribution >= 0.6 is 12.4 Å². The van der Waals surface area contributed by atoms with Gasteiger partial charge in [0.2, 0.25) is 5.95 Å². The van der Waals surface area contributed by atoms with E-state index in [1.165, 1.54) is 11.1 Å². The average molecular weight is 483 g/mol. The molecule has 0 atom stereocenters. The lowest BCUT2D eigenvalue weighted by Gasteiger charge is -2.34. The predicted octanol–water partition coefficient (Wildman–Crippen LogP) is 4.67. The molecule has 1 aliphatic heterocycles. The number of nitrogens with zero attached hydrogens (tertiary/aromatic N) is 4. The Kier molecular flexibility index (Phi) is 10.4. The molecule has 6 nitrogen and oxygen atoms in total. The van der Waals surface area contributed by atoms with E-state index in [1.807, 2.05) is 30.6 Å². The van der Waals surface area contributed by atoms with Crippen LogP contribution in [-0.2, 0) is 12.8 Å². The smallest absolute Gasteiger partial charge is 0.225 e. The van der Waals surface area contributed by atoms with Crippen molar-refractivity contribution >= 4 is 18.4 Å². The molecule has 34 heavy (non-hydrogen) atoms. The first-order valence-electron chi connectivity index (χ1n) is 11.9. The highest BCUT2D eigenvalue weighted by atomic mass is 35.5. The number of benzene rings is 2. The van der Waals surface area contributed by atoms with E-state index in [9.17, 15) is 0 Å². The topological polar surface area (TPSA) is 50.7 Å². The van der Waals surface area contributed by atoms with E-state index in [2.05, 4.69) is 56.2 Å². The summed E-state index contributed by atoms with van der Waals surface area (Å²) >= 11 is 0. The van der Waals surface area contributed by atoms with Crippen molar-refractivity contribution < 1.29 is 9.47 Å². The van der Waals surface area contributed by atoms with Crippen LogP contribution in [0.2, 0.25) is 0 Å². The molecule has 0 radical (unpaired) electrons. The Labute approximate surface area is 209 Å². The van der Waals surface area contributed by atoms with E-state index in [4.69, 9.17) is 9.47 Å². The lowest BCUT2D eigenvalue weighted by atomic mass is 10.0. The van der Waals surface area contributed by atoms with Gasteiger partial charge < -0.3 is 14.4 Å². The van der Waals surface area contributed by atoms with Crippen LogP contribution in [0.25, 0.3) is 0 Å². The summed E-state index contributed by atoms with van der Waals surface area (Å²) < 4.78 is 11.5. The van der Waals surface area contributed by atoms with Crippen molar-refractivity contribution in [2.45, 2.75) is 25.7 Å². The van der Waals surface area contributed by atoms with Crippen molar-refractivity contribution in [2.75, 3.05) is 51.3 Å². The Hall–Kier alpha value is -2.83. The molecule has 0 amide bonds. The van der Waals surface area contributed by atoms with Gasteiger partial charge in [0.1, 0.15) is 11.5 Å². The van der Waals surface area contributed by atoms with Gasteiger partial charge in [0.15, 0.2) is 0 Å². The van der Waals surface area contributed by atoms with E-state index in [0.29, 0.717) is 0 Å². The molecule has 0 spiro atoms. The average Bonchev–Trinajstić information content (AvgIpc) is 2.89. The van der Waals surface area contributed by atoms with Crippen LogP contribution in [0.4, 0.5) is 5.95 Å². The van der Waals surface area contributed by atoms with Gasteiger partial charge in [-0.05, 0) is 67.6 Å². The largest absolute Gasteiger partial charge is 0.497 e. The second-order valence-corrected chi connectivity index (χ2v) is 8.39. The molecule has 182 valence electrons. The van der Waals surface area contributed by atoms with Crippen molar-refractivity contribution in [3.63, 3.8) is 0 Å². The standard InChI is InChI=1S/C27H34N4O2.ClH/c1-32-25-10-6-8-23(22-25)12-13-24-9-2-3-11-26(24)33-21-5-4-16-30-17-19-31(20-18-30)27-28-14-7-15-29-27;/h2-3,6-11,14-15,22H,4-5,12-13,16-21H2,1H3;1H. The van der Waals surface area contributed by atoms with Crippen molar-refractivity contribution in [3.8, 4) is 11.5 Å². The van der Waals surface area contributed by atoms with Crippen LogP contribution in [0.3, 0.4) is 0 Å². The minimum atomic E-state index is 0. The summed E-state index contributed by atoms with van der Waals surface area (Å²) in [6.07, 6.45) is 7.76. The number of piperazine rings is 1. The number of anilines is 1. The number of aromatic nitrogens is 2. The molecule has 0 unspecified atom stereocenters. The summed E-state index contributed by atoms with van der Waals surface area (Å²) in [5, 5.41) is 0. The Morgan fingerprint density at radius 3 is 2.44 bits per heavy atom. The number of ether oxygens (including phenoxy) is 2. The molecule has 0 aliphatic carbocycles. The molecule has 3 aromatic rings. The van der Waals surface area contributed by atoms with Gasteiger partial charge in [-0.15, -0.1) is 12.4 Å². The molecule has 0 saturated carbocycles. The first kappa shape index (κ1) is 25.8. The Morgan fingerprint density at radius 2 is 1.65 bits per heavy atom. The van der Waals surface area contributed by atoms with Gasteiger partial charge in [0.25, 0.3) is 0 Å². The van der Waals surface area contributed by atoms with Crippen LogP contribution in [0.1, 0.15) is 24.0 Å². The summed E-state index contributed by atoms with van der Waals surface area (Å²) in [5.74, 6) is 2.76. The molecule has 4 rings (SSSR count). The lowest BCUT2D eigenvalue weighted by molar-refractivity contribution is 0.237. The zero-order chi connectivity index (χ0) is 22.7. The maximum Gasteiger partial charge on any atom is 0.225 e. The van der Waals surface area contributed by atoms with Crippen LogP contribution in [0, 0.1) is 0 Å². The molecule has 2 heterocycles. The number of unbranched alkanes of at least 4 members (excludes halogenated alkanes) is 1. The summed E-state index contributed by atoms with van der Waals surface area (Å²) in [7, 11) is 1.71. The van der Waals surface area contributed by atoms with Gasteiger partial charge in [0, 0.05) is 38.6 Å². The Morgan fingerprint density at radius 1 is 0.853 bits per heavy atom. The van der Waals surface area contributed by atoms with Crippen molar-refractivity contribution in [3.05, 3.63) is 78.1 Å². The Bertz CT molecular complexity index is 981. The van der Waals surface area contributed by atoms with Crippen molar-refractivity contribution in [1.29, 1.82) is 0 Å². The van der Waals surface area contributed by atoms with Crippen molar-refractivity contribution in [2.24, 2.45) is 0 Å². The van der Waals surface area contributed by atoms with Gasteiger partial charge in [-0.1, -0.05) is 30.3 Å². The highest BCUT2D eigenvalue weighted by molar-refractivity contribution is 5.85. The van der Waals surface area contributed by atoms with Crippen LogP contribution in [0.5, 0.6) is 11.5 Å². The molecule has 0 N–H and O–H groups in total. The summed E-state index contributed by atoms with van der Waals surface area (Å²) in [6.45, 7) is 5.97. The third kappa shape index (κ3) is 7.61. The van der Waals surface area contributed by atoms with Crippen molar-refractivity contribution in [1.82, 2.24) is 14.9 Å².